The van der Waals surface area contributed by atoms with Crippen molar-refractivity contribution >= 4 is 44.0 Å². The number of nitro benzene ring substituents is 2. The number of nitro groups is 2. The first kappa shape index (κ1) is 15.5. The van der Waals surface area contributed by atoms with Gasteiger partial charge in [0.05, 0.1) is 20.1 Å². The van der Waals surface area contributed by atoms with E-state index >= 15 is 0 Å². The zero-order valence-electron chi connectivity index (χ0n) is 11.8. The molecule has 0 bridgehead atoms. The third kappa shape index (κ3) is 3.03. The molecule has 1 aromatic heterocycles. The van der Waals surface area contributed by atoms with E-state index in [1.54, 1.807) is 0 Å². The molecular weight excluding hydrogens is 336 g/mol. The van der Waals surface area contributed by atoms with E-state index in [1.807, 2.05) is 0 Å². The van der Waals surface area contributed by atoms with E-state index in [9.17, 15) is 25.0 Å². The summed E-state index contributed by atoms with van der Waals surface area (Å²) >= 11 is 1.08. The van der Waals surface area contributed by atoms with Crippen molar-refractivity contribution in [1.29, 1.82) is 0 Å². The van der Waals surface area contributed by atoms with Gasteiger partial charge < -0.3 is 0 Å². The van der Waals surface area contributed by atoms with Gasteiger partial charge in [-0.05, 0) is 12.1 Å². The summed E-state index contributed by atoms with van der Waals surface area (Å²) in [6.45, 7) is 0. The highest BCUT2D eigenvalue weighted by atomic mass is 32.1. The van der Waals surface area contributed by atoms with Crippen molar-refractivity contribution in [3.63, 3.8) is 0 Å². The Morgan fingerprint density at radius 1 is 1.04 bits per heavy atom. The van der Waals surface area contributed by atoms with E-state index in [0.29, 0.717) is 10.2 Å². The summed E-state index contributed by atoms with van der Waals surface area (Å²) in [4.78, 5) is 36.7. The van der Waals surface area contributed by atoms with Gasteiger partial charge in [-0.1, -0.05) is 17.4 Å². The van der Waals surface area contributed by atoms with Crippen LogP contribution in [0.15, 0.2) is 42.5 Å². The fourth-order valence-corrected chi connectivity index (χ4v) is 2.90. The summed E-state index contributed by atoms with van der Waals surface area (Å²) in [6.07, 6.45) is 0. The van der Waals surface area contributed by atoms with Gasteiger partial charge in [0.1, 0.15) is 0 Å². The zero-order chi connectivity index (χ0) is 17.3. The largest absolute Gasteiger partial charge is 0.298 e. The number of non-ortho nitro benzene ring substituents is 2. The van der Waals surface area contributed by atoms with Crippen LogP contribution in [0, 0.1) is 20.2 Å². The summed E-state index contributed by atoms with van der Waals surface area (Å²) in [7, 11) is 0. The molecule has 0 aliphatic rings. The second-order valence-electron chi connectivity index (χ2n) is 4.69. The van der Waals surface area contributed by atoms with Gasteiger partial charge in [-0.3, -0.25) is 30.3 Å². The molecule has 0 saturated heterocycles. The molecule has 10 heteroatoms. The van der Waals surface area contributed by atoms with Gasteiger partial charge in [0.25, 0.3) is 17.3 Å². The van der Waals surface area contributed by atoms with Gasteiger partial charge in [-0.25, -0.2) is 4.98 Å². The number of nitrogens with zero attached hydrogens (tertiary/aromatic N) is 3. The Hall–Kier alpha value is -3.40. The monoisotopic (exact) mass is 344 g/mol. The van der Waals surface area contributed by atoms with Crippen molar-refractivity contribution in [3.05, 3.63) is 68.3 Å². The first-order valence-electron chi connectivity index (χ1n) is 6.55. The lowest BCUT2D eigenvalue weighted by Gasteiger charge is -2.01. The second kappa shape index (κ2) is 6.01. The number of fused-ring (bicyclic) bond motifs is 1. The average molecular weight is 344 g/mol. The number of carbonyl (C=O) groups excluding carboxylic acids is 1. The third-order valence-electron chi connectivity index (χ3n) is 3.12. The quantitative estimate of drug-likeness (QED) is 0.571. The van der Waals surface area contributed by atoms with Crippen LogP contribution in [-0.4, -0.2) is 20.7 Å². The minimum atomic E-state index is -0.590. The molecular formula is C14H8N4O5S. The van der Waals surface area contributed by atoms with Gasteiger partial charge >= 0.3 is 0 Å². The molecule has 120 valence electrons. The molecule has 0 saturated carbocycles. The maximum absolute atomic E-state index is 12.2. The Morgan fingerprint density at radius 2 is 1.75 bits per heavy atom. The summed E-state index contributed by atoms with van der Waals surface area (Å²) < 4.78 is 0.554. The summed E-state index contributed by atoms with van der Waals surface area (Å²) in [5.41, 5.74) is 0.375. The predicted octanol–water partition coefficient (Wildman–Crippen LogP) is 3.37. The van der Waals surface area contributed by atoms with Crippen molar-refractivity contribution < 1.29 is 14.6 Å². The number of anilines is 1. The minimum absolute atomic E-state index is 0.0669. The van der Waals surface area contributed by atoms with Crippen molar-refractivity contribution in [2.45, 2.75) is 0 Å². The summed E-state index contributed by atoms with van der Waals surface area (Å²) in [6, 6.07) is 9.49. The van der Waals surface area contributed by atoms with E-state index in [2.05, 4.69) is 10.3 Å². The molecule has 2 aromatic carbocycles. The molecule has 0 aliphatic carbocycles. The highest BCUT2D eigenvalue weighted by molar-refractivity contribution is 7.22. The molecule has 1 N–H and O–H groups in total. The van der Waals surface area contributed by atoms with Crippen LogP contribution in [0.2, 0.25) is 0 Å². The normalized spacial score (nSPS) is 10.5. The van der Waals surface area contributed by atoms with Crippen LogP contribution in [0.4, 0.5) is 16.5 Å². The maximum Gasteiger partial charge on any atom is 0.270 e. The third-order valence-corrected chi connectivity index (χ3v) is 4.06. The highest BCUT2D eigenvalue weighted by Gasteiger charge is 2.15. The molecule has 3 rings (SSSR count). The highest BCUT2D eigenvalue weighted by Crippen LogP contribution is 2.29. The Balaban J connectivity index is 1.86. The SMILES string of the molecule is O=C(Nc1nc2ccc([N+](=O)[O-])cc2s1)c1cccc([N+](=O)[O-])c1. The molecule has 3 aromatic rings. The number of thiazole rings is 1. The molecule has 0 radical (unpaired) electrons. The molecule has 1 heterocycles. The molecule has 9 nitrogen and oxygen atoms in total. The first-order chi connectivity index (χ1) is 11.4. The topological polar surface area (TPSA) is 128 Å². The van der Waals surface area contributed by atoms with Crippen LogP contribution in [-0.2, 0) is 0 Å². The summed E-state index contributed by atoms with van der Waals surface area (Å²) in [5.74, 6) is -0.549. The number of hydrogen-bond acceptors (Lipinski definition) is 7. The maximum atomic E-state index is 12.2. The Kier molecular flexibility index (Phi) is 3.88. The van der Waals surface area contributed by atoms with E-state index in [4.69, 9.17) is 0 Å². The molecule has 0 fully saturated rings. The van der Waals surface area contributed by atoms with Crippen molar-refractivity contribution in [1.82, 2.24) is 4.98 Å². The van der Waals surface area contributed by atoms with Gasteiger partial charge in [-0.2, -0.15) is 0 Å². The van der Waals surface area contributed by atoms with Crippen LogP contribution in [0.1, 0.15) is 10.4 Å². The molecule has 1 amide bonds. The Labute approximate surface area is 137 Å². The standard InChI is InChI=1S/C14H8N4O5S/c19-13(8-2-1-3-9(6-8)17(20)21)16-14-15-11-5-4-10(18(22)23)7-12(11)24-14/h1-7H,(H,15,16,19). The number of rotatable bonds is 4. The van der Waals surface area contributed by atoms with E-state index in [1.165, 1.54) is 36.4 Å². The van der Waals surface area contributed by atoms with Crippen LogP contribution >= 0.6 is 11.3 Å². The Morgan fingerprint density at radius 3 is 2.46 bits per heavy atom. The van der Waals surface area contributed by atoms with Crippen LogP contribution in [0.25, 0.3) is 10.2 Å². The van der Waals surface area contributed by atoms with Crippen molar-refractivity contribution in [3.8, 4) is 0 Å². The fourth-order valence-electron chi connectivity index (χ4n) is 2.01. The number of benzene rings is 2. The van der Waals surface area contributed by atoms with E-state index in [-0.39, 0.29) is 22.1 Å². The van der Waals surface area contributed by atoms with Crippen LogP contribution in [0.3, 0.4) is 0 Å². The van der Waals surface area contributed by atoms with Gasteiger partial charge in [0.15, 0.2) is 5.13 Å². The van der Waals surface area contributed by atoms with Gasteiger partial charge in [0.2, 0.25) is 0 Å². The van der Waals surface area contributed by atoms with E-state index < -0.39 is 15.8 Å². The van der Waals surface area contributed by atoms with Crippen molar-refractivity contribution in [2.75, 3.05) is 5.32 Å². The first-order valence-corrected chi connectivity index (χ1v) is 7.36. The predicted molar refractivity (Wildman–Crippen MR) is 87.3 cm³/mol. The lowest BCUT2D eigenvalue weighted by molar-refractivity contribution is -0.385. The fraction of sp³-hybridized carbons (Fsp3) is 0. The lowest BCUT2D eigenvalue weighted by atomic mass is 10.2. The number of nitrogens with one attached hydrogen (secondary N) is 1. The van der Waals surface area contributed by atoms with Crippen LogP contribution in [0.5, 0.6) is 0 Å². The number of carbonyl (C=O) groups is 1. The molecule has 0 spiro atoms. The lowest BCUT2D eigenvalue weighted by Crippen LogP contribution is -2.11. The van der Waals surface area contributed by atoms with Gasteiger partial charge in [0, 0.05) is 29.8 Å². The average Bonchev–Trinajstić information content (AvgIpc) is 2.96. The summed E-state index contributed by atoms with van der Waals surface area (Å²) in [5, 5.41) is 24.3. The minimum Gasteiger partial charge on any atom is -0.298 e. The van der Waals surface area contributed by atoms with Crippen molar-refractivity contribution in [2.24, 2.45) is 0 Å². The van der Waals surface area contributed by atoms with Crippen LogP contribution < -0.4 is 5.32 Å². The number of aromatic nitrogens is 1. The van der Waals surface area contributed by atoms with E-state index in [0.717, 1.165) is 17.4 Å². The van der Waals surface area contributed by atoms with Gasteiger partial charge in [-0.15, -0.1) is 0 Å². The number of amides is 1. The Bertz CT molecular complexity index is 984. The molecule has 24 heavy (non-hydrogen) atoms. The molecule has 0 aliphatic heterocycles. The molecule has 0 unspecified atom stereocenters. The molecule has 0 atom stereocenters. The second-order valence-corrected chi connectivity index (χ2v) is 5.72. The zero-order valence-corrected chi connectivity index (χ0v) is 12.6. The smallest absolute Gasteiger partial charge is 0.270 e. The number of hydrogen-bond donors (Lipinski definition) is 1.